The highest BCUT2D eigenvalue weighted by Gasteiger charge is 2.49. The van der Waals surface area contributed by atoms with Gasteiger partial charge >= 0.3 is 0 Å². The van der Waals surface area contributed by atoms with Crippen molar-refractivity contribution < 1.29 is 29.1 Å². The number of carbonyl (C=O) groups is 5. The number of ketones is 1. The third-order valence-corrected chi connectivity index (χ3v) is 9.16. The molecule has 4 amide bonds. The fourth-order valence-corrected chi connectivity index (χ4v) is 6.66. The molecule has 13 nitrogen and oxygen atoms in total. The number of hydrogen-bond donors (Lipinski definition) is 4. The summed E-state index contributed by atoms with van der Waals surface area (Å²) in [7, 11) is 0. The highest BCUT2D eigenvalue weighted by molar-refractivity contribution is 6.39. The number of nitrogens with zero attached hydrogens (tertiary/aromatic N) is 4. The normalized spacial score (nSPS) is 20.2. The van der Waals surface area contributed by atoms with Crippen molar-refractivity contribution in [3.8, 4) is 0 Å². The number of fused-ring (bicyclic) bond motifs is 1. The van der Waals surface area contributed by atoms with Gasteiger partial charge in [-0.15, -0.1) is 5.10 Å². The molecule has 5 rings (SSSR count). The number of primary amides is 1. The average Bonchev–Trinajstić information content (AvgIpc) is 3.71. The minimum absolute atomic E-state index is 0.0302. The van der Waals surface area contributed by atoms with E-state index in [-0.39, 0.29) is 32.2 Å². The van der Waals surface area contributed by atoms with E-state index in [1.54, 1.807) is 32.9 Å². The van der Waals surface area contributed by atoms with Gasteiger partial charge in [-0.1, -0.05) is 61.7 Å². The predicted octanol–water partition coefficient (Wildman–Crippen LogP) is 1.88. The largest absolute Gasteiger partial charge is 0.384 e. The maximum absolute atomic E-state index is 14.2. The number of carbonyl (C=O) groups excluding carboxylic acids is 5. The first-order chi connectivity index (χ1) is 21.8. The number of benzene rings is 2. The van der Waals surface area contributed by atoms with Crippen LogP contribution in [0.5, 0.6) is 0 Å². The molecule has 1 saturated heterocycles. The molecule has 0 unspecified atom stereocenters. The summed E-state index contributed by atoms with van der Waals surface area (Å²) in [4.78, 5) is 68.0. The zero-order valence-corrected chi connectivity index (χ0v) is 26.4. The van der Waals surface area contributed by atoms with Gasteiger partial charge in [-0.3, -0.25) is 24.0 Å². The number of nitrogens with two attached hydrogens (primary N) is 1. The molecular weight excluding hydrogens is 590 g/mol. The van der Waals surface area contributed by atoms with Gasteiger partial charge in [0.1, 0.15) is 23.2 Å². The lowest BCUT2D eigenvalue weighted by Gasteiger charge is -2.37. The summed E-state index contributed by atoms with van der Waals surface area (Å²) >= 11 is 0. The van der Waals surface area contributed by atoms with Crippen LogP contribution in [0, 0.1) is 0 Å². The van der Waals surface area contributed by atoms with Crippen molar-refractivity contribution in [2.75, 3.05) is 6.54 Å². The van der Waals surface area contributed by atoms with Gasteiger partial charge in [-0.25, -0.2) is 4.68 Å². The topological polar surface area (TPSA) is 190 Å². The van der Waals surface area contributed by atoms with E-state index in [1.165, 1.54) is 15.8 Å². The number of aromatic nitrogens is 3. The van der Waals surface area contributed by atoms with Crippen LogP contribution in [0.4, 0.5) is 0 Å². The fraction of sp³-hybridized carbons (Fsp3) is 0.485. The van der Waals surface area contributed by atoms with E-state index in [1.807, 2.05) is 30.3 Å². The summed E-state index contributed by atoms with van der Waals surface area (Å²) in [5.74, 6) is -3.51. The lowest BCUT2D eigenvalue weighted by Crippen LogP contribution is -2.62. The summed E-state index contributed by atoms with van der Waals surface area (Å²) in [5, 5.41) is 26.4. The Morgan fingerprint density at radius 2 is 1.76 bits per heavy atom. The van der Waals surface area contributed by atoms with E-state index in [0.717, 1.165) is 17.2 Å². The summed E-state index contributed by atoms with van der Waals surface area (Å²) in [6, 6.07) is 10.3. The van der Waals surface area contributed by atoms with Crippen molar-refractivity contribution in [1.82, 2.24) is 30.5 Å². The molecule has 1 saturated carbocycles. The molecule has 3 aromatic rings. The smallest absolute Gasteiger partial charge is 0.287 e. The lowest BCUT2D eigenvalue weighted by molar-refractivity contribution is -0.145. The van der Waals surface area contributed by atoms with Crippen LogP contribution in [0.15, 0.2) is 48.7 Å². The molecule has 1 aliphatic heterocycles. The van der Waals surface area contributed by atoms with Gasteiger partial charge in [0.05, 0.1) is 17.9 Å². The maximum Gasteiger partial charge on any atom is 0.287 e. The van der Waals surface area contributed by atoms with E-state index < -0.39 is 58.7 Å². The highest BCUT2D eigenvalue weighted by atomic mass is 16.3. The molecule has 2 aliphatic rings. The number of nitrogens with one attached hydrogen (secondary N) is 2. The molecule has 46 heavy (non-hydrogen) atoms. The molecule has 5 N–H and O–H groups in total. The number of likely N-dealkylation sites (tertiary alicyclic amines) is 1. The Labute approximate surface area is 266 Å². The van der Waals surface area contributed by atoms with Crippen molar-refractivity contribution in [3.63, 3.8) is 0 Å². The third-order valence-electron chi connectivity index (χ3n) is 9.16. The minimum atomic E-state index is -1.45. The molecule has 0 spiro atoms. The Kier molecular flexibility index (Phi) is 9.24. The van der Waals surface area contributed by atoms with Gasteiger partial charge in [0.15, 0.2) is 0 Å². The number of hydrogen-bond acceptors (Lipinski definition) is 8. The molecule has 13 heteroatoms. The Balaban J connectivity index is 1.43. The number of Topliss-reactive ketones (excluding diaryl/α,β-unsaturated/α-hetero) is 1. The van der Waals surface area contributed by atoms with E-state index in [2.05, 4.69) is 20.9 Å². The first kappa shape index (κ1) is 32.7. The van der Waals surface area contributed by atoms with Crippen LogP contribution in [0.25, 0.3) is 10.8 Å². The van der Waals surface area contributed by atoms with Gasteiger partial charge in [-0.2, -0.15) is 0 Å². The first-order valence-electron chi connectivity index (χ1n) is 15.7. The Bertz CT molecular complexity index is 1660. The van der Waals surface area contributed by atoms with Gasteiger partial charge < -0.3 is 26.4 Å². The van der Waals surface area contributed by atoms with Crippen LogP contribution in [0.2, 0.25) is 0 Å². The molecule has 0 radical (unpaired) electrons. The van der Waals surface area contributed by atoms with Crippen molar-refractivity contribution in [2.24, 2.45) is 5.73 Å². The van der Waals surface area contributed by atoms with Gasteiger partial charge in [0.25, 0.3) is 11.8 Å². The molecule has 2 heterocycles. The van der Waals surface area contributed by atoms with Crippen molar-refractivity contribution >= 4 is 40.2 Å². The standard InChI is InChI=1S/C33H41N7O6/c1-4-24(36-29(43)22-13-12-20-10-6-7-11-21(20)16-22)31(45)39-19-23(40-26(18-35-38-40)32(2,3)46)17-25(39)30(44)37-33(27(41)28(34)42)14-8-5-9-15-33/h6-7,10-13,16,18,23-25,46H,4-5,8-9,14-15,17,19H2,1-3H3,(H2,34,42)(H,36,43)(H,37,44)/t23-,24+,25-/m0/s1. The van der Waals surface area contributed by atoms with Crippen molar-refractivity contribution in [3.05, 3.63) is 59.9 Å². The molecule has 1 aliphatic carbocycles. The van der Waals surface area contributed by atoms with E-state index in [9.17, 15) is 29.1 Å². The summed E-state index contributed by atoms with van der Waals surface area (Å²) in [5.41, 5.74) is 3.43. The van der Waals surface area contributed by atoms with Crippen LogP contribution in [-0.4, -0.2) is 78.6 Å². The lowest BCUT2D eigenvalue weighted by atomic mass is 9.78. The molecule has 2 aromatic carbocycles. The second-order valence-corrected chi connectivity index (χ2v) is 12.8. The van der Waals surface area contributed by atoms with Gasteiger partial charge in [0.2, 0.25) is 17.6 Å². The molecule has 244 valence electrons. The third kappa shape index (κ3) is 6.50. The van der Waals surface area contributed by atoms with Crippen LogP contribution < -0.4 is 16.4 Å². The van der Waals surface area contributed by atoms with Crippen LogP contribution in [-0.2, 0) is 24.8 Å². The Hall–Kier alpha value is -4.65. The predicted molar refractivity (Wildman–Crippen MR) is 168 cm³/mol. The Morgan fingerprint density at radius 1 is 1.07 bits per heavy atom. The van der Waals surface area contributed by atoms with Crippen LogP contribution in [0.3, 0.4) is 0 Å². The van der Waals surface area contributed by atoms with Crippen molar-refractivity contribution in [2.45, 2.75) is 95.0 Å². The number of rotatable bonds is 10. The molecule has 0 bridgehead atoms. The molecule has 1 aromatic heterocycles. The maximum atomic E-state index is 14.2. The quantitative estimate of drug-likeness (QED) is 0.244. The zero-order chi connectivity index (χ0) is 33.2. The number of amides is 4. The highest BCUT2D eigenvalue weighted by Crippen LogP contribution is 2.34. The molecular formula is C33H41N7O6. The van der Waals surface area contributed by atoms with E-state index >= 15 is 0 Å². The van der Waals surface area contributed by atoms with Crippen LogP contribution >= 0.6 is 0 Å². The van der Waals surface area contributed by atoms with Crippen LogP contribution in [0.1, 0.15) is 87.8 Å². The van der Waals surface area contributed by atoms with E-state index in [0.29, 0.717) is 24.1 Å². The Morgan fingerprint density at radius 3 is 2.41 bits per heavy atom. The molecule has 2 fully saturated rings. The molecule has 3 atom stereocenters. The zero-order valence-electron chi connectivity index (χ0n) is 26.4. The second-order valence-electron chi connectivity index (χ2n) is 12.8. The van der Waals surface area contributed by atoms with Crippen molar-refractivity contribution in [1.29, 1.82) is 0 Å². The average molecular weight is 632 g/mol. The SMILES string of the molecule is CC[C@@H](NC(=O)c1ccc2ccccc2c1)C(=O)N1C[C@@H](n2nncc2C(C)(C)O)C[C@H]1C(=O)NC1(C(=O)C(N)=O)CCCCC1. The number of aliphatic hydroxyl groups is 1. The first-order valence-corrected chi connectivity index (χ1v) is 15.7. The summed E-state index contributed by atoms with van der Waals surface area (Å²) < 4.78 is 1.51. The van der Waals surface area contributed by atoms with Gasteiger partial charge in [-0.05, 0) is 56.0 Å². The monoisotopic (exact) mass is 631 g/mol. The van der Waals surface area contributed by atoms with Gasteiger partial charge in [0, 0.05) is 18.5 Å². The second kappa shape index (κ2) is 13.0. The fourth-order valence-electron chi connectivity index (χ4n) is 6.66. The summed E-state index contributed by atoms with van der Waals surface area (Å²) in [6.45, 7) is 4.96. The van der Waals surface area contributed by atoms with E-state index in [4.69, 9.17) is 5.73 Å². The minimum Gasteiger partial charge on any atom is -0.384 e. The summed E-state index contributed by atoms with van der Waals surface area (Å²) in [6.07, 6.45) is 4.40.